The van der Waals surface area contributed by atoms with Gasteiger partial charge in [-0.3, -0.25) is 4.99 Å². The van der Waals surface area contributed by atoms with Gasteiger partial charge in [-0.2, -0.15) is 0 Å². The molecule has 4 nitrogen and oxygen atoms in total. The fourth-order valence-electron chi connectivity index (χ4n) is 2.86. The first-order chi connectivity index (χ1) is 9.79. The van der Waals surface area contributed by atoms with Gasteiger partial charge in [-0.15, -0.1) is 42.2 Å². The Hall–Kier alpha value is -0.130. The zero-order chi connectivity index (χ0) is 14.3. The Kier molecular flexibility index (Phi) is 8.83. The molecular weight excluding hydrogens is 397 g/mol. The summed E-state index contributed by atoms with van der Waals surface area (Å²) in [6, 6.07) is 0. The third-order valence-corrected chi connectivity index (χ3v) is 4.78. The number of ether oxygens (including phenoxy) is 1. The van der Waals surface area contributed by atoms with E-state index >= 15 is 0 Å². The molecule has 2 aliphatic rings. The molecule has 2 aliphatic heterocycles. The number of likely N-dealkylation sites (tertiary alicyclic amines) is 1. The van der Waals surface area contributed by atoms with Crippen molar-refractivity contribution in [1.82, 2.24) is 10.2 Å². The molecule has 0 amide bonds. The number of thioether (sulfide) groups is 1. The monoisotopic (exact) mass is 423 g/mol. The number of nitrogens with one attached hydrogen (secondary N) is 1. The second-order valence-corrected chi connectivity index (χ2v) is 6.57. The molecule has 0 bridgehead atoms. The molecule has 2 saturated heterocycles. The van der Waals surface area contributed by atoms with Crippen molar-refractivity contribution in [1.29, 1.82) is 0 Å². The predicted molar refractivity (Wildman–Crippen MR) is 102 cm³/mol. The largest absolute Gasteiger partial charge is 0.381 e. The minimum absolute atomic E-state index is 0. The number of guanidine groups is 1. The van der Waals surface area contributed by atoms with E-state index in [-0.39, 0.29) is 24.0 Å². The van der Waals surface area contributed by atoms with Gasteiger partial charge in [0, 0.05) is 37.4 Å². The lowest BCUT2D eigenvalue weighted by molar-refractivity contribution is 0.156. The van der Waals surface area contributed by atoms with E-state index < -0.39 is 0 Å². The van der Waals surface area contributed by atoms with Gasteiger partial charge < -0.3 is 15.0 Å². The van der Waals surface area contributed by atoms with Crippen molar-refractivity contribution in [3.05, 3.63) is 0 Å². The molecule has 0 aromatic heterocycles. The Morgan fingerprint density at radius 2 is 2.38 bits per heavy atom. The van der Waals surface area contributed by atoms with E-state index in [9.17, 15) is 0 Å². The van der Waals surface area contributed by atoms with Crippen LogP contribution in [0.3, 0.4) is 0 Å². The van der Waals surface area contributed by atoms with Crippen LogP contribution in [0.4, 0.5) is 0 Å². The van der Waals surface area contributed by atoms with Gasteiger partial charge in [0.25, 0.3) is 0 Å². The van der Waals surface area contributed by atoms with Gasteiger partial charge in [0.2, 0.25) is 0 Å². The van der Waals surface area contributed by atoms with Gasteiger partial charge >= 0.3 is 0 Å². The van der Waals surface area contributed by atoms with E-state index in [2.05, 4.69) is 23.1 Å². The van der Waals surface area contributed by atoms with Crippen LogP contribution >= 0.6 is 35.7 Å². The summed E-state index contributed by atoms with van der Waals surface area (Å²) in [5.41, 5.74) is 0.383. The maximum absolute atomic E-state index is 5.59. The minimum Gasteiger partial charge on any atom is -0.381 e. The molecule has 21 heavy (non-hydrogen) atoms. The van der Waals surface area contributed by atoms with Crippen LogP contribution in [0.5, 0.6) is 0 Å². The average molecular weight is 423 g/mol. The lowest BCUT2D eigenvalue weighted by atomic mass is 9.87. The Labute approximate surface area is 149 Å². The molecule has 2 rings (SSSR count). The number of hydrogen-bond acceptors (Lipinski definition) is 3. The zero-order valence-electron chi connectivity index (χ0n) is 12.8. The SMILES string of the molecule is C#CCSCCN=C(NCC)N1CCC2(CCOC2)C1.I. The third-order valence-electron chi connectivity index (χ3n) is 3.94. The predicted octanol–water partition coefficient (Wildman–Crippen LogP) is 2.05. The van der Waals surface area contributed by atoms with Crippen molar-refractivity contribution >= 4 is 41.7 Å². The number of aliphatic imine (C=N–C) groups is 1. The van der Waals surface area contributed by atoms with Gasteiger partial charge in [-0.05, 0) is 19.8 Å². The number of hydrogen-bond donors (Lipinski definition) is 1. The standard InChI is InChI=1S/C15H25N3OS.HI/c1-3-10-20-11-7-17-14(16-4-2)18-8-5-15(12-18)6-9-19-13-15;/h1H,4-13H2,2H3,(H,16,17);1H. The van der Waals surface area contributed by atoms with Crippen molar-refractivity contribution in [2.24, 2.45) is 10.4 Å². The lowest BCUT2D eigenvalue weighted by Gasteiger charge is -2.24. The molecule has 0 aromatic rings. The van der Waals surface area contributed by atoms with E-state index in [4.69, 9.17) is 16.2 Å². The van der Waals surface area contributed by atoms with Crippen LogP contribution in [-0.4, -0.2) is 61.8 Å². The molecular formula is C15H26IN3OS. The van der Waals surface area contributed by atoms with Gasteiger partial charge in [-0.25, -0.2) is 0 Å². The minimum atomic E-state index is 0. The molecule has 0 saturated carbocycles. The Bertz CT molecular complexity index is 378. The van der Waals surface area contributed by atoms with Crippen LogP contribution in [-0.2, 0) is 4.74 Å². The Morgan fingerprint density at radius 3 is 3.05 bits per heavy atom. The van der Waals surface area contributed by atoms with Crippen molar-refractivity contribution < 1.29 is 4.74 Å². The quantitative estimate of drug-likeness (QED) is 0.242. The maximum atomic E-state index is 5.59. The molecule has 0 aliphatic carbocycles. The molecule has 120 valence electrons. The molecule has 1 unspecified atom stereocenters. The van der Waals surface area contributed by atoms with Crippen LogP contribution in [0.2, 0.25) is 0 Å². The molecule has 1 N–H and O–H groups in total. The first-order valence-electron chi connectivity index (χ1n) is 7.42. The molecule has 1 spiro atoms. The number of terminal acetylenes is 1. The summed E-state index contributed by atoms with van der Waals surface area (Å²) in [4.78, 5) is 7.12. The number of halogens is 1. The molecule has 2 fully saturated rings. The molecule has 1 atom stereocenters. The maximum Gasteiger partial charge on any atom is 0.193 e. The summed E-state index contributed by atoms with van der Waals surface area (Å²) in [7, 11) is 0. The van der Waals surface area contributed by atoms with Crippen LogP contribution in [0.15, 0.2) is 4.99 Å². The fraction of sp³-hybridized carbons (Fsp3) is 0.800. The van der Waals surface area contributed by atoms with Gasteiger partial charge in [0.15, 0.2) is 5.96 Å². The smallest absolute Gasteiger partial charge is 0.193 e. The van der Waals surface area contributed by atoms with Crippen molar-refractivity contribution in [3.8, 4) is 12.3 Å². The van der Waals surface area contributed by atoms with E-state index in [1.54, 1.807) is 11.8 Å². The highest BCUT2D eigenvalue weighted by Gasteiger charge is 2.42. The lowest BCUT2D eigenvalue weighted by Crippen LogP contribution is -2.41. The highest BCUT2D eigenvalue weighted by Crippen LogP contribution is 2.38. The highest BCUT2D eigenvalue weighted by atomic mass is 127. The summed E-state index contributed by atoms with van der Waals surface area (Å²) < 4.78 is 5.59. The summed E-state index contributed by atoms with van der Waals surface area (Å²) >= 11 is 1.77. The van der Waals surface area contributed by atoms with Gasteiger partial charge in [0.05, 0.1) is 18.9 Å². The highest BCUT2D eigenvalue weighted by molar-refractivity contribution is 14.0. The summed E-state index contributed by atoms with van der Waals surface area (Å²) in [6.45, 7) is 7.87. The molecule has 2 heterocycles. The second kappa shape index (κ2) is 9.80. The summed E-state index contributed by atoms with van der Waals surface area (Å²) in [5.74, 6) is 5.46. The van der Waals surface area contributed by atoms with E-state index in [1.165, 1.54) is 12.8 Å². The average Bonchev–Trinajstić information content (AvgIpc) is 3.08. The number of rotatable bonds is 5. The zero-order valence-corrected chi connectivity index (χ0v) is 15.9. The first-order valence-corrected chi connectivity index (χ1v) is 8.57. The van der Waals surface area contributed by atoms with Gasteiger partial charge in [0.1, 0.15) is 0 Å². The van der Waals surface area contributed by atoms with Crippen LogP contribution < -0.4 is 5.32 Å². The van der Waals surface area contributed by atoms with E-state index in [0.717, 1.165) is 56.9 Å². The Morgan fingerprint density at radius 1 is 1.52 bits per heavy atom. The fourth-order valence-corrected chi connectivity index (χ4v) is 3.34. The Balaban J connectivity index is 0.00000220. The number of nitrogens with zero attached hydrogens (tertiary/aromatic N) is 2. The molecule has 6 heteroatoms. The normalized spacial score (nSPS) is 25.0. The van der Waals surface area contributed by atoms with Crippen LogP contribution in [0.25, 0.3) is 0 Å². The topological polar surface area (TPSA) is 36.9 Å². The van der Waals surface area contributed by atoms with Crippen LogP contribution in [0.1, 0.15) is 19.8 Å². The third kappa shape index (κ3) is 5.53. The summed E-state index contributed by atoms with van der Waals surface area (Å²) in [5, 5.41) is 3.41. The van der Waals surface area contributed by atoms with Crippen molar-refractivity contribution in [2.75, 3.05) is 50.9 Å². The molecule has 0 radical (unpaired) electrons. The van der Waals surface area contributed by atoms with Crippen molar-refractivity contribution in [3.63, 3.8) is 0 Å². The molecule has 0 aromatic carbocycles. The van der Waals surface area contributed by atoms with E-state index in [0.29, 0.717) is 5.41 Å². The second-order valence-electron chi connectivity index (χ2n) is 5.47. The van der Waals surface area contributed by atoms with Crippen molar-refractivity contribution in [2.45, 2.75) is 19.8 Å². The van der Waals surface area contributed by atoms with Crippen LogP contribution in [0, 0.1) is 17.8 Å². The van der Waals surface area contributed by atoms with E-state index in [1.807, 2.05) is 0 Å². The first kappa shape index (κ1) is 18.9. The van der Waals surface area contributed by atoms with Gasteiger partial charge in [-0.1, -0.05) is 5.92 Å². The summed E-state index contributed by atoms with van der Waals surface area (Å²) in [6.07, 6.45) is 7.67.